The molecule has 0 saturated heterocycles. The van der Waals surface area contributed by atoms with Crippen molar-refractivity contribution in [3.8, 4) is 0 Å². The number of rotatable bonds is 1. The van der Waals surface area contributed by atoms with Gasteiger partial charge in [0.05, 0.1) is 10.5 Å². The summed E-state index contributed by atoms with van der Waals surface area (Å²) in [4.78, 5) is 8.44. The number of nitrogens with zero attached hydrogens (tertiary/aromatic N) is 1. The van der Waals surface area contributed by atoms with Crippen LogP contribution in [-0.4, -0.2) is 9.97 Å². The predicted molar refractivity (Wildman–Crippen MR) is 80.9 cm³/mol. The van der Waals surface area contributed by atoms with Crippen molar-refractivity contribution in [2.24, 2.45) is 23.7 Å². The minimum atomic E-state index is 0.659. The molecule has 0 radical (unpaired) electrons. The van der Waals surface area contributed by atoms with Crippen LogP contribution in [0.25, 0.3) is 11.0 Å². The fourth-order valence-electron chi connectivity index (χ4n) is 5.55. The van der Waals surface area contributed by atoms with Gasteiger partial charge in [-0.15, -0.1) is 0 Å². The van der Waals surface area contributed by atoms with Gasteiger partial charge in [0.15, 0.2) is 0 Å². The minimum Gasteiger partial charge on any atom is -0.342 e. The molecule has 0 atom stereocenters. The first kappa shape index (κ1) is 11.6. The van der Waals surface area contributed by atoms with Crippen LogP contribution in [0.2, 0.25) is 5.02 Å². The minimum absolute atomic E-state index is 0.659. The maximum Gasteiger partial charge on any atom is 0.110 e. The van der Waals surface area contributed by atoms with E-state index in [4.69, 9.17) is 16.6 Å². The highest BCUT2D eigenvalue weighted by Crippen LogP contribution is 2.59. The first-order valence-electron chi connectivity index (χ1n) is 7.92. The van der Waals surface area contributed by atoms with E-state index < -0.39 is 0 Å². The number of imidazole rings is 1. The van der Waals surface area contributed by atoms with Gasteiger partial charge in [-0.3, -0.25) is 0 Å². The Balaban J connectivity index is 1.59. The second-order valence-corrected chi connectivity index (χ2v) is 7.62. The molecule has 1 N–H and O–H groups in total. The third-order valence-corrected chi connectivity index (χ3v) is 6.33. The highest BCUT2D eigenvalue weighted by atomic mass is 35.5. The van der Waals surface area contributed by atoms with Crippen LogP contribution in [0.1, 0.15) is 43.8 Å². The lowest BCUT2D eigenvalue weighted by atomic mass is 9.52. The van der Waals surface area contributed by atoms with Crippen molar-refractivity contribution in [1.29, 1.82) is 0 Å². The van der Waals surface area contributed by atoms with E-state index in [9.17, 15) is 0 Å². The number of fused-ring (bicyclic) bond motifs is 1. The summed E-state index contributed by atoms with van der Waals surface area (Å²) in [6.45, 7) is 0. The zero-order valence-corrected chi connectivity index (χ0v) is 12.2. The van der Waals surface area contributed by atoms with Gasteiger partial charge in [0.25, 0.3) is 0 Å². The molecule has 2 aromatic rings. The second-order valence-electron chi connectivity index (χ2n) is 7.21. The molecule has 0 unspecified atom stereocenters. The molecule has 0 amide bonds. The summed E-state index contributed by atoms with van der Waals surface area (Å²) in [5.74, 6) is 5.63. The van der Waals surface area contributed by atoms with E-state index in [0.717, 1.165) is 39.7 Å². The van der Waals surface area contributed by atoms with Crippen LogP contribution in [-0.2, 0) is 0 Å². The Morgan fingerprint density at radius 3 is 2.35 bits per heavy atom. The van der Waals surface area contributed by atoms with Crippen LogP contribution in [0.4, 0.5) is 0 Å². The summed E-state index contributed by atoms with van der Waals surface area (Å²) in [6.07, 6.45) is 7.24. The van der Waals surface area contributed by atoms with Gasteiger partial charge in [-0.05, 0) is 67.9 Å². The zero-order chi connectivity index (χ0) is 13.3. The van der Waals surface area contributed by atoms with Gasteiger partial charge in [-0.25, -0.2) is 4.98 Å². The molecule has 3 heteroatoms. The SMILES string of the molecule is Clc1cccc2[nH]c(C3C4CC5CC(C4)CC3C5)nc12. The molecule has 104 valence electrons. The molecule has 1 aromatic heterocycles. The monoisotopic (exact) mass is 286 g/mol. The second kappa shape index (κ2) is 4.00. The van der Waals surface area contributed by atoms with E-state index in [0.29, 0.717) is 5.92 Å². The van der Waals surface area contributed by atoms with Crippen molar-refractivity contribution < 1.29 is 0 Å². The molecule has 6 rings (SSSR count). The lowest BCUT2D eigenvalue weighted by Gasteiger charge is -2.53. The van der Waals surface area contributed by atoms with Gasteiger partial charge in [0, 0.05) is 5.92 Å². The molecule has 4 bridgehead atoms. The average Bonchev–Trinajstić information content (AvgIpc) is 2.82. The number of benzene rings is 1. The fraction of sp³-hybridized carbons (Fsp3) is 0.588. The molecule has 4 saturated carbocycles. The number of aromatic amines is 1. The molecule has 4 aliphatic rings. The molecule has 1 aromatic carbocycles. The molecule has 0 aliphatic heterocycles. The van der Waals surface area contributed by atoms with Crippen molar-refractivity contribution >= 4 is 22.6 Å². The average molecular weight is 287 g/mol. The normalized spacial score (nSPS) is 38.8. The van der Waals surface area contributed by atoms with Crippen LogP contribution in [0.3, 0.4) is 0 Å². The van der Waals surface area contributed by atoms with Gasteiger partial charge >= 0.3 is 0 Å². The molecule has 0 spiro atoms. The van der Waals surface area contributed by atoms with Gasteiger partial charge in [0.2, 0.25) is 0 Å². The number of nitrogens with one attached hydrogen (secondary N) is 1. The molecule has 4 fully saturated rings. The number of hydrogen-bond acceptors (Lipinski definition) is 1. The Bertz CT molecular complexity index is 647. The summed E-state index contributed by atoms with van der Waals surface area (Å²) in [5.41, 5.74) is 2.05. The number of halogens is 1. The van der Waals surface area contributed by atoms with E-state index in [-0.39, 0.29) is 0 Å². The van der Waals surface area contributed by atoms with Crippen molar-refractivity contribution in [2.75, 3.05) is 0 Å². The first-order valence-corrected chi connectivity index (χ1v) is 8.30. The Kier molecular flexibility index (Phi) is 2.33. The van der Waals surface area contributed by atoms with Crippen LogP contribution in [0.5, 0.6) is 0 Å². The first-order chi connectivity index (χ1) is 9.78. The Morgan fingerprint density at radius 2 is 1.70 bits per heavy atom. The molecular formula is C17H19ClN2. The predicted octanol–water partition coefficient (Wildman–Crippen LogP) is 4.76. The van der Waals surface area contributed by atoms with Crippen molar-refractivity contribution in [2.45, 2.75) is 38.0 Å². The number of para-hydroxylation sites is 1. The summed E-state index contributed by atoms with van der Waals surface area (Å²) < 4.78 is 0. The zero-order valence-electron chi connectivity index (χ0n) is 11.5. The quantitative estimate of drug-likeness (QED) is 0.805. The van der Waals surface area contributed by atoms with Crippen molar-refractivity contribution in [3.05, 3.63) is 29.0 Å². The van der Waals surface area contributed by atoms with Gasteiger partial charge in [0.1, 0.15) is 11.3 Å². The number of aromatic nitrogens is 2. The summed E-state index contributed by atoms with van der Waals surface area (Å²) >= 11 is 6.28. The summed E-state index contributed by atoms with van der Waals surface area (Å²) in [7, 11) is 0. The van der Waals surface area contributed by atoms with Gasteiger partial charge in [-0.1, -0.05) is 17.7 Å². The largest absolute Gasteiger partial charge is 0.342 e. The smallest absolute Gasteiger partial charge is 0.110 e. The van der Waals surface area contributed by atoms with E-state index in [2.05, 4.69) is 11.1 Å². The Hall–Kier alpha value is -1.02. The van der Waals surface area contributed by atoms with Crippen LogP contribution >= 0.6 is 11.6 Å². The van der Waals surface area contributed by atoms with Crippen molar-refractivity contribution in [3.63, 3.8) is 0 Å². The standard InChI is InChI=1S/C17H19ClN2/c18-13-2-1-3-14-16(13)20-17(19-14)15-11-5-9-4-10(7-11)8-12(15)6-9/h1-3,9-12,15H,4-8H2,(H,19,20). The van der Waals surface area contributed by atoms with Crippen LogP contribution < -0.4 is 0 Å². The molecular weight excluding hydrogens is 268 g/mol. The Morgan fingerprint density at radius 1 is 1.00 bits per heavy atom. The fourth-order valence-corrected chi connectivity index (χ4v) is 5.76. The highest BCUT2D eigenvalue weighted by Gasteiger charge is 2.49. The van der Waals surface area contributed by atoms with Gasteiger partial charge in [-0.2, -0.15) is 0 Å². The van der Waals surface area contributed by atoms with E-state index in [1.807, 2.05) is 12.1 Å². The van der Waals surface area contributed by atoms with E-state index in [1.54, 1.807) is 0 Å². The highest BCUT2D eigenvalue weighted by molar-refractivity contribution is 6.34. The lowest BCUT2D eigenvalue weighted by Crippen LogP contribution is -2.44. The van der Waals surface area contributed by atoms with Gasteiger partial charge < -0.3 is 4.98 Å². The maximum absolute atomic E-state index is 6.28. The van der Waals surface area contributed by atoms with Crippen LogP contribution in [0.15, 0.2) is 18.2 Å². The Labute approximate surface area is 123 Å². The van der Waals surface area contributed by atoms with E-state index >= 15 is 0 Å². The topological polar surface area (TPSA) is 28.7 Å². The third-order valence-electron chi connectivity index (χ3n) is 6.02. The summed E-state index contributed by atoms with van der Waals surface area (Å²) in [5, 5.41) is 0.772. The summed E-state index contributed by atoms with van der Waals surface area (Å²) in [6, 6.07) is 6.03. The molecule has 1 heterocycles. The molecule has 20 heavy (non-hydrogen) atoms. The number of H-pyrrole nitrogens is 1. The maximum atomic E-state index is 6.28. The molecule has 2 nitrogen and oxygen atoms in total. The van der Waals surface area contributed by atoms with E-state index in [1.165, 1.54) is 37.9 Å². The van der Waals surface area contributed by atoms with Crippen LogP contribution in [0, 0.1) is 23.7 Å². The van der Waals surface area contributed by atoms with Crippen molar-refractivity contribution in [1.82, 2.24) is 9.97 Å². The lowest BCUT2D eigenvalue weighted by molar-refractivity contribution is -0.00528. The third kappa shape index (κ3) is 1.54. The molecule has 4 aliphatic carbocycles. The number of hydrogen-bond donors (Lipinski definition) is 1.